The first-order valence-electron chi connectivity index (χ1n) is 7.65. The molecule has 1 rings (SSSR count). The van der Waals surface area contributed by atoms with Gasteiger partial charge in [-0.1, -0.05) is 26.2 Å². The minimum absolute atomic E-state index is 0.440. The predicted molar refractivity (Wildman–Crippen MR) is 93.4 cm³/mol. The Hall–Kier alpha value is -1.30. The van der Waals surface area contributed by atoms with Gasteiger partial charge in [-0.05, 0) is 13.3 Å². The third kappa shape index (κ3) is 6.80. The van der Waals surface area contributed by atoms with Crippen molar-refractivity contribution in [2.24, 2.45) is 4.99 Å². The number of rotatable bonds is 8. The average molecular weight is 311 g/mol. The molecule has 1 aromatic rings. The van der Waals surface area contributed by atoms with Crippen LogP contribution >= 0.6 is 11.3 Å². The topological polar surface area (TPSA) is 52.6 Å². The van der Waals surface area contributed by atoms with Crippen molar-refractivity contribution < 1.29 is 0 Å². The van der Waals surface area contributed by atoms with Crippen LogP contribution in [0.25, 0.3) is 0 Å². The van der Waals surface area contributed by atoms with Crippen LogP contribution in [0.2, 0.25) is 0 Å². The summed E-state index contributed by atoms with van der Waals surface area (Å²) in [5, 5.41) is 9.87. The van der Waals surface area contributed by atoms with Crippen molar-refractivity contribution in [3.63, 3.8) is 0 Å². The summed E-state index contributed by atoms with van der Waals surface area (Å²) in [5.74, 6) is 0.846. The number of unbranched alkanes of at least 4 members (excludes halogenated alkanes) is 2. The summed E-state index contributed by atoms with van der Waals surface area (Å²) >= 11 is 1.66. The van der Waals surface area contributed by atoms with Crippen LogP contribution in [0.3, 0.4) is 0 Å². The van der Waals surface area contributed by atoms with E-state index in [1.807, 2.05) is 19.0 Å². The second-order valence-corrected chi connectivity index (χ2v) is 6.32. The maximum absolute atomic E-state index is 4.56. The number of nitrogens with one attached hydrogen (secondary N) is 2. The van der Waals surface area contributed by atoms with Crippen LogP contribution in [0, 0.1) is 0 Å². The molecule has 1 heterocycles. The second-order valence-electron chi connectivity index (χ2n) is 5.48. The van der Waals surface area contributed by atoms with Crippen molar-refractivity contribution in [3.05, 3.63) is 11.1 Å². The maximum atomic E-state index is 4.56. The number of hydrogen-bond acceptors (Lipinski definition) is 4. The Morgan fingerprint density at radius 3 is 2.76 bits per heavy atom. The van der Waals surface area contributed by atoms with Crippen LogP contribution in [0.4, 0.5) is 5.13 Å². The molecule has 0 fully saturated rings. The summed E-state index contributed by atoms with van der Waals surface area (Å²) in [4.78, 5) is 10.9. The Morgan fingerprint density at radius 2 is 2.19 bits per heavy atom. The summed E-state index contributed by atoms with van der Waals surface area (Å²) in [5.41, 5.74) is 1.05. The van der Waals surface area contributed by atoms with E-state index in [0.29, 0.717) is 12.6 Å². The molecule has 0 saturated carbocycles. The number of anilines is 1. The molecule has 0 aliphatic rings. The fraction of sp³-hybridized carbons (Fsp3) is 0.733. The third-order valence-electron chi connectivity index (χ3n) is 3.21. The van der Waals surface area contributed by atoms with E-state index in [9.17, 15) is 0 Å². The lowest BCUT2D eigenvalue weighted by molar-refractivity contribution is 0.546. The molecule has 0 aromatic carbocycles. The minimum atomic E-state index is 0.440. The molecule has 1 unspecified atom stereocenters. The molecule has 0 saturated heterocycles. The van der Waals surface area contributed by atoms with E-state index in [-0.39, 0.29) is 0 Å². The minimum Gasteiger partial charge on any atom is -0.354 e. The molecule has 120 valence electrons. The Morgan fingerprint density at radius 1 is 1.43 bits per heavy atom. The molecule has 1 aromatic heterocycles. The SMILES string of the molecule is CCCCCC(C)NC(=NC)NCc1csc(N(C)C)n1. The second kappa shape index (κ2) is 9.60. The van der Waals surface area contributed by atoms with Gasteiger partial charge in [0.1, 0.15) is 0 Å². The molecule has 2 N–H and O–H groups in total. The fourth-order valence-corrected chi connectivity index (χ4v) is 2.72. The normalized spacial score (nSPS) is 13.1. The van der Waals surface area contributed by atoms with Gasteiger partial charge in [0.25, 0.3) is 0 Å². The highest BCUT2D eigenvalue weighted by molar-refractivity contribution is 7.13. The Balaban J connectivity index is 2.36. The van der Waals surface area contributed by atoms with Gasteiger partial charge in [-0.15, -0.1) is 11.3 Å². The molecule has 6 heteroatoms. The summed E-state index contributed by atoms with van der Waals surface area (Å²) < 4.78 is 0. The van der Waals surface area contributed by atoms with Crippen molar-refractivity contribution >= 4 is 22.4 Å². The number of guanidine groups is 1. The van der Waals surface area contributed by atoms with Crippen molar-refractivity contribution in [2.75, 3.05) is 26.0 Å². The number of hydrogen-bond donors (Lipinski definition) is 2. The number of nitrogens with zero attached hydrogens (tertiary/aromatic N) is 3. The van der Waals surface area contributed by atoms with Crippen LogP contribution < -0.4 is 15.5 Å². The molecule has 5 nitrogen and oxygen atoms in total. The molecule has 0 bridgehead atoms. The van der Waals surface area contributed by atoms with Gasteiger partial charge in [0.15, 0.2) is 11.1 Å². The number of thiazole rings is 1. The molecule has 0 radical (unpaired) electrons. The highest BCUT2D eigenvalue weighted by Crippen LogP contribution is 2.17. The standard InChI is InChI=1S/C15H29N5S/c1-6-7-8-9-12(2)18-14(16-3)17-10-13-11-21-15(19-13)20(4)5/h11-12H,6-10H2,1-5H3,(H2,16,17,18). The van der Waals surface area contributed by atoms with Gasteiger partial charge >= 0.3 is 0 Å². The largest absolute Gasteiger partial charge is 0.354 e. The molecule has 0 spiro atoms. The van der Waals surface area contributed by atoms with Gasteiger partial charge in [-0.2, -0.15) is 0 Å². The molecule has 0 aliphatic carbocycles. The van der Waals surface area contributed by atoms with Crippen LogP contribution in [0.1, 0.15) is 45.2 Å². The lowest BCUT2D eigenvalue weighted by Gasteiger charge is -2.17. The maximum Gasteiger partial charge on any atom is 0.191 e. The lowest BCUT2D eigenvalue weighted by Crippen LogP contribution is -2.41. The molecular weight excluding hydrogens is 282 g/mol. The van der Waals surface area contributed by atoms with Crippen molar-refractivity contribution in [1.29, 1.82) is 0 Å². The fourth-order valence-electron chi connectivity index (χ4n) is 1.96. The van der Waals surface area contributed by atoms with Crippen molar-refractivity contribution in [2.45, 2.75) is 52.1 Å². The van der Waals surface area contributed by atoms with Crippen LogP contribution in [0.15, 0.2) is 10.4 Å². The van der Waals surface area contributed by atoms with Crippen LogP contribution in [0.5, 0.6) is 0 Å². The first-order valence-corrected chi connectivity index (χ1v) is 8.53. The quantitative estimate of drug-likeness (QED) is 0.440. The van der Waals surface area contributed by atoms with Gasteiger partial charge in [0.2, 0.25) is 0 Å². The van der Waals surface area contributed by atoms with E-state index in [4.69, 9.17) is 0 Å². The van der Waals surface area contributed by atoms with E-state index in [1.54, 1.807) is 18.4 Å². The Labute approximate surface area is 132 Å². The van der Waals surface area contributed by atoms with Crippen molar-refractivity contribution in [1.82, 2.24) is 15.6 Å². The first-order chi connectivity index (χ1) is 10.1. The average Bonchev–Trinajstić information content (AvgIpc) is 2.92. The summed E-state index contributed by atoms with van der Waals surface area (Å²) in [6.45, 7) is 5.13. The van der Waals surface area contributed by atoms with Gasteiger partial charge in [0, 0.05) is 32.6 Å². The summed E-state index contributed by atoms with van der Waals surface area (Å²) in [6.07, 6.45) is 5.00. The Bertz CT molecular complexity index is 427. The molecule has 1 atom stereocenters. The van der Waals surface area contributed by atoms with Gasteiger partial charge in [-0.25, -0.2) is 4.98 Å². The van der Waals surface area contributed by atoms with Crippen LogP contribution in [-0.2, 0) is 6.54 Å². The number of aliphatic imine (C=N–C) groups is 1. The molecule has 0 aliphatic heterocycles. The molecule has 21 heavy (non-hydrogen) atoms. The Kier molecular flexibility index (Phi) is 8.12. The van der Waals surface area contributed by atoms with Crippen molar-refractivity contribution in [3.8, 4) is 0 Å². The first kappa shape index (κ1) is 17.8. The summed E-state index contributed by atoms with van der Waals surface area (Å²) in [7, 11) is 5.82. The highest BCUT2D eigenvalue weighted by atomic mass is 32.1. The number of aromatic nitrogens is 1. The van der Waals surface area contributed by atoms with E-state index >= 15 is 0 Å². The van der Waals surface area contributed by atoms with E-state index in [0.717, 1.165) is 16.8 Å². The van der Waals surface area contributed by atoms with Gasteiger partial charge in [0.05, 0.1) is 12.2 Å². The molecule has 0 amide bonds. The summed E-state index contributed by atoms with van der Waals surface area (Å²) in [6, 6.07) is 0.440. The van der Waals surface area contributed by atoms with E-state index < -0.39 is 0 Å². The zero-order valence-corrected chi connectivity index (χ0v) is 14.8. The van der Waals surface area contributed by atoms with Crippen LogP contribution in [-0.4, -0.2) is 38.1 Å². The highest BCUT2D eigenvalue weighted by Gasteiger charge is 2.07. The lowest BCUT2D eigenvalue weighted by atomic mass is 10.1. The van der Waals surface area contributed by atoms with E-state index in [1.165, 1.54) is 25.7 Å². The smallest absolute Gasteiger partial charge is 0.191 e. The van der Waals surface area contributed by atoms with E-state index in [2.05, 4.69) is 39.8 Å². The molecular formula is C15H29N5S. The monoisotopic (exact) mass is 311 g/mol. The van der Waals surface area contributed by atoms with Gasteiger partial charge < -0.3 is 15.5 Å². The third-order valence-corrected chi connectivity index (χ3v) is 4.26. The zero-order valence-electron chi connectivity index (χ0n) is 13.9. The zero-order chi connectivity index (χ0) is 15.7. The predicted octanol–water partition coefficient (Wildman–Crippen LogP) is 2.84. The van der Waals surface area contributed by atoms with Gasteiger partial charge in [-0.3, -0.25) is 4.99 Å².